The monoisotopic (exact) mass is 496 g/mol. The number of thioether (sulfide) groups is 1. The lowest BCUT2D eigenvalue weighted by Gasteiger charge is -2.10. The van der Waals surface area contributed by atoms with Gasteiger partial charge >= 0.3 is 0 Å². The molecule has 0 spiro atoms. The Bertz CT molecular complexity index is 1350. The minimum Gasteiger partial charge on any atom is -0.323 e. The average Bonchev–Trinajstić information content (AvgIpc) is 3.38. The predicted octanol–water partition coefficient (Wildman–Crippen LogP) is 6.49. The molecule has 34 heavy (non-hydrogen) atoms. The van der Waals surface area contributed by atoms with Gasteiger partial charge < -0.3 is 5.32 Å². The Hall–Kier alpha value is -3.30. The van der Waals surface area contributed by atoms with Gasteiger partial charge in [0.1, 0.15) is 11.6 Å². The van der Waals surface area contributed by atoms with Gasteiger partial charge in [-0.25, -0.2) is 8.78 Å². The zero-order valence-corrected chi connectivity index (χ0v) is 20.3. The largest absolute Gasteiger partial charge is 0.323 e. The molecule has 0 unspecified atom stereocenters. The first-order valence-corrected chi connectivity index (χ1v) is 12.3. The smallest absolute Gasteiger partial charge is 0.234 e. The van der Waals surface area contributed by atoms with Crippen molar-refractivity contribution in [3.63, 3.8) is 0 Å². The number of carbonyl (C=O) groups excluding carboxylic acids is 1. The fourth-order valence-corrected chi connectivity index (χ4v) is 5.11. The number of aromatic nitrogens is 3. The maximum absolute atomic E-state index is 13.8. The first kappa shape index (κ1) is 23.8. The second kappa shape index (κ2) is 10.3. The van der Waals surface area contributed by atoms with Crippen LogP contribution < -0.4 is 5.32 Å². The van der Waals surface area contributed by atoms with E-state index >= 15 is 0 Å². The number of thiophene rings is 1. The summed E-state index contributed by atoms with van der Waals surface area (Å²) in [5, 5.41) is 13.8. The number of rotatable bonds is 8. The lowest BCUT2D eigenvalue weighted by atomic mass is 10.0. The molecule has 174 valence electrons. The van der Waals surface area contributed by atoms with Crippen molar-refractivity contribution in [2.24, 2.45) is 0 Å². The fourth-order valence-electron chi connectivity index (χ4n) is 3.49. The third kappa shape index (κ3) is 5.10. The first-order chi connectivity index (χ1) is 16.4. The van der Waals surface area contributed by atoms with Gasteiger partial charge in [0.15, 0.2) is 11.0 Å². The van der Waals surface area contributed by atoms with Gasteiger partial charge in [-0.15, -0.1) is 28.1 Å². The molecule has 2 aromatic carbocycles. The number of hydrogen-bond donors (Lipinski definition) is 1. The topological polar surface area (TPSA) is 59.8 Å². The highest BCUT2D eigenvalue weighted by atomic mass is 32.2. The van der Waals surface area contributed by atoms with E-state index in [1.807, 2.05) is 4.57 Å². The predicted molar refractivity (Wildman–Crippen MR) is 134 cm³/mol. The highest BCUT2D eigenvalue weighted by Gasteiger charge is 2.21. The standard InChI is InChI=1S/C25H22F2N4OS2/c1-4-11-31-24(19-13-33-16(3)23(19)17-7-5-15(2)6-8-17)29-30-25(31)34-14-22(32)28-21-10-9-18(26)12-20(21)27/h4-10,12-13H,1,11,14H2,2-3H3,(H,28,32). The summed E-state index contributed by atoms with van der Waals surface area (Å²) in [4.78, 5) is 13.5. The van der Waals surface area contributed by atoms with E-state index in [1.54, 1.807) is 17.4 Å². The molecule has 4 aromatic rings. The van der Waals surface area contributed by atoms with E-state index in [1.165, 1.54) is 28.3 Å². The van der Waals surface area contributed by atoms with Crippen molar-refractivity contribution >= 4 is 34.7 Å². The molecule has 0 radical (unpaired) electrons. The number of allylic oxidation sites excluding steroid dienone is 1. The minimum absolute atomic E-state index is 0.0143. The van der Waals surface area contributed by atoms with Crippen LogP contribution in [0.15, 0.2) is 65.7 Å². The molecule has 2 aromatic heterocycles. The molecule has 0 aliphatic carbocycles. The second-order valence-corrected chi connectivity index (χ2v) is 9.64. The summed E-state index contributed by atoms with van der Waals surface area (Å²) >= 11 is 2.83. The molecule has 4 rings (SSSR count). The van der Waals surface area contributed by atoms with Crippen LogP contribution >= 0.6 is 23.1 Å². The summed E-state index contributed by atoms with van der Waals surface area (Å²) in [6, 6.07) is 11.4. The third-order valence-corrected chi connectivity index (χ3v) is 7.00. The molecule has 0 bridgehead atoms. The van der Waals surface area contributed by atoms with E-state index in [9.17, 15) is 13.6 Å². The third-order valence-electron chi connectivity index (χ3n) is 5.12. The Kier molecular flexibility index (Phi) is 7.23. The van der Waals surface area contributed by atoms with Crippen LogP contribution in [0.2, 0.25) is 0 Å². The van der Waals surface area contributed by atoms with Crippen LogP contribution in [0.3, 0.4) is 0 Å². The maximum Gasteiger partial charge on any atom is 0.234 e. The van der Waals surface area contributed by atoms with Crippen LogP contribution in [0.4, 0.5) is 14.5 Å². The molecule has 0 fully saturated rings. The highest BCUT2D eigenvalue weighted by Crippen LogP contribution is 2.39. The fraction of sp³-hybridized carbons (Fsp3) is 0.160. The van der Waals surface area contributed by atoms with Gasteiger partial charge in [-0.3, -0.25) is 9.36 Å². The lowest BCUT2D eigenvalue weighted by molar-refractivity contribution is -0.113. The maximum atomic E-state index is 13.8. The SMILES string of the molecule is C=CCn1c(SCC(=O)Nc2ccc(F)cc2F)nnc1-c1csc(C)c1-c1ccc(C)cc1. The van der Waals surface area contributed by atoms with Crippen molar-refractivity contribution < 1.29 is 13.6 Å². The van der Waals surface area contributed by atoms with E-state index in [-0.39, 0.29) is 11.4 Å². The summed E-state index contributed by atoms with van der Waals surface area (Å²) in [6.45, 7) is 8.43. The van der Waals surface area contributed by atoms with Crippen molar-refractivity contribution in [1.82, 2.24) is 14.8 Å². The quantitative estimate of drug-likeness (QED) is 0.224. The number of nitrogens with one attached hydrogen (secondary N) is 1. The number of halogens is 2. The molecule has 0 aliphatic rings. The Morgan fingerprint density at radius 3 is 2.65 bits per heavy atom. The molecule has 0 aliphatic heterocycles. The zero-order valence-electron chi connectivity index (χ0n) is 18.6. The molecular formula is C25H22F2N4OS2. The van der Waals surface area contributed by atoms with E-state index < -0.39 is 17.5 Å². The van der Waals surface area contributed by atoms with Crippen molar-refractivity contribution in [1.29, 1.82) is 0 Å². The number of carbonyl (C=O) groups is 1. The lowest BCUT2D eigenvalue weighted by Crippen LogP contribution is -2.15. The van der Waals surface area contributed by atoms with E-state index in [0.29, 0.717) is 17.5 Å². The first-order valence-electron chi connectivity index (χ1n) is 10.4. The zero-order chi connectivity index (χ0) is 24.2. The van der Waals surface area contributed by atoms with Gasteiger partial charge in [-0.1, -0.05) is 47.7 Å². The van der Waals surface area contributed by atoms with Gasteiger partial charge in [0, 0.05) is 34.0 Å². The van der Waals surface area contributed by atoms with Crippen LogP contribution in [0.25, 0.3) is 22.5 Å². The molecule has 0 saturated carbocycles. The molecule has 2 heterocycles. The summed E-state index contributed by atoms with van der Waals surface area (Å²) in [7, 11) is 0. The van der Waals surface area contributed by atoms with E-state index in [0.717, 1.165) is 28.8 Å². The normalized spacial score (nSPS) is 10.9. The van der Waals surface area contributed by atoms with Crippen LogP contribution in [0, 0.1) is 25.5 Å². The molecule has 9 heteroatoms. The van der Waals surface area contributed by atoms with Crippen molar-refractivity contribution in [2.45, 2.75) is 25.5 Å². The van der Waals surface area contributed by atoms with Crippen molar-refractivity contribution in [2.75, 3.05) is 11.1 Å². The number of benzene rings is 2. The summed E-state index contributed by atoms with van der Waals surface area (Å²) in [6.07, 6.45) is 1.75. The number of hydrogen-bond acceptors (Lipinski definition) is 5. The molecular weight excluding hydrogens is 474 g/mol. The van der Waals surface area contributed by atoms with Gasteiger partial charge in [0.25, 0.3) is 0 Å². The molecule has 1 N–H and O–H groups in total. The average molecular weight is 497 g/mol. The molecule has 0 saturated heterocycles. The molecule has 5 nitrogen and oxygen atoms in total. The van der Waals surface area contributed by atoms with E-state index in [4.69, 9.17) is 0 Å². The summed E-state index contributed by atoms with van der Waals surface area (Å²) < 4.78 is 28.8. The Balaban J connectivity index is 1.58. The van der Waals surface area contributed by atoms with Crippen LogP contribution in [0.1, 0.15) is 10.4 Å². The molecule has 1 amide bonds. The van der Waals surface area contributed by atoms with Gasteiger partial charge in [0.05, 0.1) is 11.4 Å². The van der Waals surface area contributed by atoms with Crippen molar-refractivity contribution in [3.8, 4) is 22.5 Å². The summed E-state index contributed by atoms with van der Waals surface area (Å²) in [5.74, 6) is -1.29. The van der Waals surface area contributed by atoms with E-state index in [2.05, 4.69) is 65.6 Å². The Morgan fingerprint density at radius 1 is 1.18 bits per heavy atom. The van der Waals surface area contributed by atoms with Crippen LogP contribution in [-0.2, 0) is 11.3 Å². The van der Waals surface area contributed by atoms with Crippen LogP contribution in [-0.4, -0.2) is 26.4 Å². The van der Waals surface area contributed by atoms with Crippen molar-refractivity contribution in [3.05, 3.63) is 82.6 Å². The number of aryl methyl sites for hydroxylation is 2. The number of nitrogens with zero attached hydrogens (tertiary/aromatic N) is 3. The number of amides is 1. The highest BCUT2D eigenvalue weighted by molar-refractivity contribution is 7.99. The Morgan fingerprint density at radius 2 is 1.94 bits per heavy atom. The van der Waals surface area contributed by atoms with Gasteiger partial charge in [0.2, 0.25) is 5.91 Å². The van der Waals surface area contributed by atoms with Gasteiger partial charge in [-0.2, -0.15) is 0 Å². The summed E-state index contributed by atoms with van der Waals surface area (Å²) in [5.41, 5.74) is 4.28. The number of anilines is 1. The van der Waals surface area contributed by atoms with Gasteiger partial charge in [-0.05, 0) is 31.5 Å². The second-order valence-electron chi connectivity index (χ2n) is 7.61. The molecule has 0 atom stereocenters. The van der Waals surface area contributed by atoms with Crippen LogP contribution in [0.5, 0.6) is 0 Å². The minimum atomic E-state index is -0.827. The Labute approximate surface area is 204 Å².